The third-order valence-electron chi connectivity index (χ3n) is 0.309. The minimum absolute atomic E-state index is 0.540. The van der Waals surface area contributed by atoms with E-state index in [0.29, 0.717) is 0 Å². The van der Waals surface area contributed by atoms with Gasteiger partial charge in [-0.25, -0.2) is 0 Å². The monoisotopic (exact) mass is 184 g/mol. The first-order valence-corrected chi connectivity index (χ1v) is 2.53. The first-order chi connectivity index (χ1) is 3.56. The van der Waals surface area contributed by atoms with Crippen molar-refractivity contribution in [2.75, 3.05) is 6.61 Å². The van der Waals surface area contributed by atoms with Crippen molar-refractivity contribution in [2.24, 2.45) is 0 Å². The van der Waals surface area contributed by atoms with Crippen molar-refractivity contribution in [2.45, 2.75) is 4.83 Å². The molecule has 0 aliphatic carbocycles. The Labute approximate surface area is 53.8 Å². The molecule has 0 atom stereocenters. The van der Waals surface area contributed by atoms with Gasteiger partial charge in [-0.05, 0) is 5.92 Å². The Kier molecular flexibility index (Phi) is 2.95. The van der Waals surface area contributed by atoms with Crippen LogP contribution >= 0.6 is 15.9 Å². The minimum Gasteiger partial charge on any atom is -0.384 e. The third-order valence-corrected chi connectivity index (χ3v) is 0.507. The van der Waals surface area contributed by atoms with Gasteiger partial charge in [0, 0.05) is 15.9 Å². The maximum Gasteiger partial charge on any atom is 0.363 e. The van der Waals surface area contributed by atoms with Crippen molar-refractivity contribution in [1.82, 2.24) is 0 Å². The molecule has 0 bridgehead atoms. The van der Waals surface area contributed by atoms with Crippen LogP contribution in [-0.4, -0.2) is 16.5 Å². The molecule has 0 aromatic carbocycles. The molecule has 0 saturated carbocycles. The van der Waals surface area contributed by atoms with E-state index in [0.717, 1.165) is 0 Å². The lowest BCUT2D eigenvalue weighted by Crippen LogP contribution is -1.98. The molecule has 1 nitrogen and oxygen atoms in total. The van der Waals surface area contributed by atoms with Gasteiger partial charge in [-0.15, -0.1) is 0 Å². The molecule has 1 N–H and O–H groups in total. The molecule has 0 aliphatic heterocycles. The van der Waals surface area contributed by atoms with Gasteiger partial charge in [0.1, 0.15) is 6.61 Å². The highest BCUT2D eigenvalue weighted by Crippen LogP contribution is 2.18. The molecule has 8 heavy (non-hydrogen) atoms. The van der Waals surface area contributed by atoms with Gasteiger partial charge in [0.25, 0.3) is 0 Å². The van der Waals surface area contributed by atoms with Gasteiger partial charge in [-0.1, -0.05) is 5.92 Å². The average Bonchev–Trinajstić information content (AvgIpc) is 1.59. The minimum atomic E-state index is -3.16. The van der Waals surface area contributed by atoms with Crippen LogP contribution in [0.1, 0.15) is 0 Å². The Balaban J connectivity index is 3.69. The lowest BCUT2D eigenvalue weighted by atomic mass is 10.6. The van der Waals surface area contributed by atoms with Crippen molar-refractivity contribution < 1.29 is 13.9 Å². The summed E-state index contributed by atoms with van der Waals surface area (Å²) in [6.07, 6.45) is 0. The second-order valence-corrected chi connectivity index (χ2v) is 1.95. The molecule has 0 radical (unpaired) electrons. The third kappa shape index (κ3) is 5.86. The lowest BCUT2D eigenvalue weighted by molar-refractivity contribution is 0.182. The van der Waals surface area contributed by atoms with Crippen LogP contribution in [0.2, 0.25) is 0 Å². The average molecular weight is 185 g/mol. The fourth-order valence-corrected chi connectivity index (χ4v) is 0.280. The number of rotatable bonds is 0. The van der Waals surface area contributed by atoms with Gasteiger partial charge in [-0.2, -0.15) is 8.78 Å². The van der Waals surface area contributed by atoms with Crippen LogP contribution in [0.4, 0.5) is 8.78 Å². The highest BCUT2D eigenvalue weighted by atomic mass is 79.9. The van der Waals surface area contributed by atoms with Gasteiger partial charge in [-0.3, -0.25) is 0 Å². The smallest absolute Gasteiger partial charge is 0.363 e. The van der Waals surface area contributed by atoms with Gasteiger partial charge < -0.3 is 5.11 Å². The molecular weight excluding hydrogens is 182 g/mol. The normalized spacial score (nSPS) is 10.0. The zero-order valence-electron chi connectivity index (χ0n) is 3.79. The molecule has 0 aromatic rings. The number of halogens is 3. The molecule has 0 unspecified atom stereocenters. The summed E-state index contributed by atoms with van der Waals surface area (Å²) >= 11 is 1.96. The molecule has 0 heterocycles. The number of hydrogen-bond acceptors (Lipinski definition) is 1. The van der Waals surface area contributed by atoms with E-state index >= 15 is 0 Å². The van der Waals surface area contributed by atoms with E-state index < -0.39 is 11.4 Å². The molecule has 0 aliphatic rings. The van der Waals surface area contributed by atoms with E-state index in [2.05, 4.69) is 0 Å². The Bertz CT molecular complexity index is 118. The zero-order chi connectivity index (χ0) is 6.62. The van der Waals surface area contributed by atoms with Crippen molar-refractivity contribution in [3.63, 3.8) is 0 Å². The Hall–Kier alpha value is -0.140. The first-order valence-electron chi connectivity index (χ1n) is 1.74. The van der Waals surface area contributed by atoms with Crippen LogP contribution in [0.15, 0.2) is 0 Å². The zero-order valence-corrected chi connectivity index (χ0v) is 5.37. The van der Waals surface area contributed by atoms with E-state index in [1.165, 1.54) is 5.92 Å². The molecular formula is C4H3BrF2O. The number of aliphatic hydroxyl groups is 1. The second-order valence-electron chi connectivity index (χ2n) is 0.958. The van der Waals surface area contributed by atoms with Gasteiger partial charge >= 0.3 is 4.83 Å². The predicted molar refractivity (Wildman–Crippen MR) is 28.7 cm³/mol. The fraction of sp³-hybridized carbons (Fsp3) is 0.500. The van der Waals surface area contributed by atoms with E-state index in [1.54, 1.807) is 5.92 Å². The molecule has 0 spiro atoms. The second kappa shape index (κ2) is 3.00. The molecule has 46 valence electrons. The van der Waals surface area contributed by atoms with Crippen LogP contribution < -0.4 is 0 Å². The molecule has 4 heteroatoms. The maximum absolute atomic E-state index is 11.5. The van der Waals surface area contributed by atoms with Gasteiger partial charge in [0.15, 0.2) is 0 Å². The summed E-state index contributed by atoms with van der Waals surface area (Å²) in [7, 11) is 0. The van der Waals surface area contributed by atoms with Crippen molar-refractivity contribution in [1.29, 1.82) is 0 Å². The molecule has 0 rings (SSSR count). The SMILES string of the molecule is OCC#CC(F)(F)Br. The van der Waals surface area contributed by atoms with E-state index in [1.807, 2.05) is 15.9 Å². The molecule has 0 amide bonds. The number of hydrogen-bond donors (Lipinski definition) is 1. The highest BCUT2D eigenvalue weighted by Gasteiger charge is 2.18. The summed E-state index contributed by atoms with van der Waals surface area (Å²) in [5, 5.41) is 7.90. The van der Waals surface area contributed by atoms with Crippen LogP contribution in [0.5, 0.6) is 0 Å². The Morgan fingerprint density at radius 2 is 2.12 bits per heavy atom. The summed E-state index contributed by atoms with van der Waals surface area (Å²) in [6, 6.07) is 0. The maximum atomic E-state index is 11.5. The highest BCUT2D eigenvalue weighted by molar-refractivity contribution is 9.10. The number of alkyl halides is 3. The Morgan fingerprint density at radius 3 is 2.25 bits per heavy atom. The Morgan fingerprint density at radius 1 is 1.62 bits per heavy atom. The molecule has 0 fully saturated rings. The van der Waals surface area contributed by atoms with E-state index in [9.17, 15) is 8.78 Å². The topological polar surface area (TPSA) is 20.2 Å². The number of aliphatic hydroxyl groups excluding tert-OH is 1. The van der Waals surface area contributed by atoms with Crippen LogP contribution in [0.3, 0.4) is 0 Å². The van der Waals surface area contributed by atoms with Gasteiger partial charge in [0.05, 0.1) is 0 Å². The predicted octanol–water partition coefficient (Wildman–Crippen LogP) is 0.970. The summed E-state index contributed by atoms with van der Waals surface area (Å²) < 4.78 is 23.1. The van der Waals surface area contributed by atoms with E-state index in [4.69, 9.17) is 5.11 Å². The van der Waals surface area contributed by atoms with E-state index in [-0.39, 0.29) is 0 Å². The molecule has 0 saturated heterocycles. The standard InChI is InChI=1S/C4H3BrF2O/c5-4(6,7)2-1-3-8/h8H,3H2. The van der Waals surface area contributed by atoms with Crippen LogP contribution in [0, 0.1) is 11.8 Å². The fourth-order valence-electron chi connectivity index (χ4n) is 0.140. The first kappa shape index (κ1) is 7.86. The quantitative estimate of drug-likeness (QED) is 0.440. The molecule has 0 aromatic heterocycles. The lowest BCUT2D eigenvalue weighted by Gasteiger charge is -1.92. The van der Waals surface area contributed by atoms with Crippen molar-refractivity contribution >= 4 is 15.9 Å². The van der Waals surface area contributed by atoms with Crippen molar-refractivity contribution in [3.8, 4) is 11.8 Å². The summed E-state index contributed by atoms with van der Waals surface area (Å²) in [5.74, 6) is 3.25. The van der Waals surface area contributed by atoms with Crippen LogP contribution in [0.25, 0.3) is 0 Å². The summed E-state index contributed by atoms with van der Waals surface area (Å²) in [5.41, 5.74) is 0. The largest absolute Gasteiger partial charge is 0.384 e. The summed E-state index contributed by atoms with van der Waals surface area (Å²) in [4.78, 5) is -3.16. The van der Waals surface area contributed by atoms with Crippen LogP contribution in [-0.2, 0) is 0 Å². The van der Waals surface area contributed by atoms with Gasteiger partial charge in [0.2, 0.25) is 0 Å². The van der Waals surface area contributed by atoms with Crippen molar-refractivity contribution in [3.05, 3.63) is 0 Å². The summed E-state index contributed by atoms with van der Waals surface area (Å²) in [6.45, 7) is -0.540.